The first-order chi connectivity index (χ1) is 16.3. The Morgan fingerprint density at radius 2 is 1.74 bits per heavy atom. The summed E-state index contributed by atoms with van der Waals surface area (Å²) in [5.74, 6) is 0.740. The SMILES string of the molecule is C=C(CC(O)O)c1ccc(OCc2ccc3ccn(Cc4ccc(S(C)=O)cc4)c3c2C)cc1. The second kappa shape index (κ2) is 10.4. The zero-order chi connectivity index (χ0) is 24.2. The van der Waals surface area contributed by atoms with Crippen molar-refractivity contribution in [1.29, 1.82) is 0 Å². The fourth-order valence-electron chi connectivity index (χ4n) is 4.08. The van der Waals surface area contributed by atoms with Crippen molar-refractivity contribution in [3.05, 3.63) is 102 Å². The van der Waals surface area contributed by atoms with Crippen molar-refractivity contribution in [3.63, 3.8) is 0 Å². The van der Waals surface area contributed by atoms with Crippen LogP contribution in [0.15, 0.2) is 84.4 Å². The lowest BCUT2D eigenvalue weighted by Crippen LogP contribution is -2.04. The molecule has 0 saturated carbocycles. The maximum Gasteiger partial charge on any atom is 0.155 e. The second-order valence-corrected chi connectivity index (χ2v) is 9.81. The van der Waals surface area contributed by atoms with Gasteiger partial charge in [0, 0.05) is 41.1 Å². The van der Waals surface area contributed by atoms with E-state index in [1.807, 2.05) is 48.5 Å². The zero-order valence-corrected chi connectivity index (χ0v) is 20.2. The first-order valence-corrected chi connectivity index (χ1v) is 12.6. The Balaban J connectivity index is 1.49. The summed E-state index contributed by atoms with van der Waals surface area (Å²) < 4.78 is 19.9. The van der Waals surface area contributed by atoms with Gasteiger partial charge in [0.1, 0.15) is 12.4 Å². The molecule has 0 spiro atoms. The lowest BCUT2D eigenvalue weighted by atomic mass is 10.0. The van der Waals surface area contributed by atoms with Crippen molar-refractivity contribution in [2.24, 2.45) is 0 Å². The molecule has 0 saturated heterocycles. The minimum atomic E-state index is -1.40. The van der Waals surface area contributed by atoms with Crippen molar-refractivity contribution in [2.45, 2.75) is 37.7 Å². The van der Waals surface area contributed by atoms with Gasteiger partial charge in [-0.05, 0) is 70.5 Å². The number of hydrogen-bond acceptors (Lipinski definition) is 4. The molecule has 0 bridgehead atoms. The number of aryl methyl sites for hydroxylation is 1. The highest BCUT2D eigenvalue weighted by Gasteiger charge is 2.11. The highest BCUT2D eigenvalue weighted by atomic mass is 32.2. The minimum Gasteiger partial charge on any atom is -0.489 e. The fraction of sp³-hybridized carbons (Fsp3) is 0.214. The maximum atomic E-state index is 11.7. The van der Waals surface area contributed by atoms with E-state index < -0.39 is 17.1 Å². The molecule has 176 valence electrons. The molecule has 0 radical (unpaired) electrons. The van der Waals surface area contributed by atoms with Crippen LogP contribution in [-0.4, -0.2) is 31.5 Å². The molecule has 6 heteroatoms. The van der Waals surface area contributed by atoms with Gasteiger partial charge in [-0.3, -0.25) is 4.21 Å². The van der Waals surface area contributed by atoms with Gasteiger partial charge in [0.25, 0.3) is 0 Å². The molecule has 3 aromatic carbocycles. The molecule has 0 amide bonds. The number of fused-ring (bicyclic) bond motifs is 1. The third-order valence-electron chi connectivity index (χ3n) is 5.99. The summed E-state index contributed by atoms with van der Waals surface area (Å²) >= 11 is 0. The Kier molecular flexibility index (Phi) is 7.32. The lowest BCUT2D eigenvalue weighted by Gasteiger charge is -2.14. The minimum absolute atomic E-state index is 0.112. The Bertz CT molecular complexity index is 1320. The van der Waals surface area contributed by atoms with Crippen molar-refractivity contribution < 1.29 is 19.2 Å². The standard InChI is InChI=1S/C28H29NO4S/c1-19(16-27(30)31)22-8-10-25(11-9-22)33-18-24-7-6-23-14-15-29(28(23)20(24)2)17-21-4-12-26(13-5-21)34(3)32/h4-15,27,30-31H,1,16-18H2,2-3H3. The van der Waals surface area contributed by atoms with Crippen LogP contribution in [0.1, 0.15) is 28.7 Å². The van der Waals surface area contributed by atoms with Gasteiger partial charge in [-0.15, -0.1) is 0 Å². The molecule has 0 aliphatic rings. The van der Waals surface area contributed by atoms with Crippen LogP contribution in [0, 0.1) is 6.92 Å². The smallest absolute Gasteiger partial charge is 0.155 e. The zero-order valence-electron chi connectivity index (χ0n) is 19.4. The normalized spacial score (nSPS) is 12.3. The topological polar surface area (TPSA) is 71.7 Å². The van der Waals surface area contributed by atoms with Crippen LogP contribution in [0.5, 0.6) is 5.75 Å². The average molecular weight is 476 g/mol. The van der Waals surface area contributed by atoms with E-state index in [4.69, 9.17) is 14.9 Å². The fourth-order valence-corrected chi connectivity index (χ4v) is 4.60. The van der Waals surface area contributed by atoms with Crippen molar-refractivity contribution in [2.75, 3.05) is 6.26 Å². The van der Waals surface area contributed by atoms with Crippen LogP contribution in [0.25, 0.3) is 16.5 Å². The molecule has 1 atom stereocenters. The summed E-state index contributed by atoms with van der Waals surface area (Å²) in [6, 6.07) is 21.8. The Morgan fingerprint density at radius 1 is 1.03 bits per heavy atom. The third-order valence-corrected chi connectivity index (χ3v) is 6.93. The van der Waals surface area contributed by atoms with E-state index in [2.05, 4.69) is 42.5 Å². The number of rotatable bonds is 9. The van der Waals surface area contributed by atoms with Gasteiger partial charge >= 0.3 is 0 Å². The first-order valence-electron chi connectivity index (χ1n) is 11.1. The first kappa shape index (κ1) is 24.0. The number of hydrogen-bond donors (Lipinski definition) is 2. The highest BCUT2D eigenvalue weighted by molar-refractivity contribution is 7.84. The van der Waals surface area contributed by atoms with Crippen LogP contribution >= 0.6 is 0 Å². The predicted octanol–water partition coefficient (Wildman–Crippen LogP) is 5.03. The van der Waals surface area contributed by atoms with Gasteiger partial charge in [0.05, 0.1) is 5.52 Å². The summed E-state index contributed by atoms with van der Waals surface area (Å²) in [6.07, 6.45) is 2.50. The van der Waals surface area contributed by atoms with E-state index in [0.717, 1.165) is 33.9 Å². The van der Waals surface area contributed by atoms with Crippen LogP contribution in [0.2, 0.25) is 0 Å². The van der Waals surface area contributed by atoms with Gasteiger partial charge in [0.2, 0.25) is 0 Å². The molecule has 2 N–H and O–H groups in total. The average Bonchev–Trinajstić information content (AvgIpc) is 3.22. The Hall–Kier alpha value is -3.19. The van der Waals surface area contributed by atoms with E-state index in [9.17, 15) is 4.21 Å². The predicted molar refractivity (Wildman–Crippen MR) is 137 cm³/mol. The van der Waals surface area contributed by atoms with E-state index in [-0.39, 0.29) is 6.42 Å². The van der Waals surface area contributed by atoms with Crippen LogP contribution in [0.3, 0.4) is 0 Å². The Morgan fingerprint density at radius 3 is 2.38 bits per heavy atom. The number of nitrogens with zero attached hydrogens (tertiary/aromatic N) is 1. The van der Waals surface area contributed by atoms with Gasteiger partial charge in [0.15, 0.2) is 6.29 Å². The molecule has 34 heavy (non-hydrogen) atoms. The largest absolute Gasteiger partial charge is 0.489 e. The summed E-state index contributed by atoms with van der Waals surface area (Å²) in [4.78, 5) is 0.833. The van der Waals surface area contributed by atoms with Gasteiger partial charge in [-0.25, -0.2) is 0 Å². The quantitative estimate of drug-likeness (QED) is 0.333. The highest BCUT2D eigenvalue weighted by Crippen LogP contribution is 2.26. The van der Waals surface area contributed by atoms with Crippen molar-refractivity contribution in [3.8, 4) is 5.75 Å². The van der Waals surface area contributed by atoms with E-state index in [1.54, 1.807) is 6.26 Å². The number of ether oxygens (including phenoxy) is 1. The summed E-state index contributed by atoms with van der Waals surface area (Å²) in [5, 5.41) is 19.4. The third kappa shape index (κ3) is 5.47. The van der Waals surface area contributed by atoms with E-state index >= 15 is 0 Å². The monoisotopic (exact) mass is 475 g/mol. The van der Waals surface area contributed by atoms with Gasteiger partial charge in [-0.1, -0.05) is 43.0 Å². The molecule has 0 fully saturated rings. The van der Waals surface area contributed by atoms with Crippen molar-refractivity contribution >= 4 is 27.3 Å². The van der Waals surface area contributed by atoms with Gasteiger partial charge < -0.3 is 19.5 Å². The molecule has 0 aliphatic heterocycles. The molecular weight excluding hydrogens is 446 g/mol. The summed E-state index contributed by atoms with van der Waals surface area (Å²) in [6.45, 7) is 7.20. The second-order valence-electron chi connectivity index (χ2n) is 8.43. The van der Waals surface area contributed by atoms with E-state index in [1.165, 1.54) is 16.5 Å². The van der Waals surface area contributed by atoms with Crippen LogP contribution in [-0.2, 0) is 24.0 Å². The molecule has 0 aliphatic carbocycles. The van der Waals surface area contributed by atoms with Crippen LogP contribution < -0.4 is 4.74 Å². The lowest BCUT2D eigenvalue weighted by molar-refractivity contribution is -0.0342. The molecule has 1 aromatic heterocycles. The molecule has 1 unspecified atom stereocenters. The maximum absolute atomic E-state index is 11.7. The molecule has 4 aromatic rings. The Labute approximate surface area is 202 Å². The molecule has 1 heterocycles. The summed E-state index contributed by atoms with van der Waals surface area (Å²) in [7, 11) is -0.975. The molecule has 4 rings (SSSR count). The summed E-state index contributed by atoms with van der Waals surface area (Å²) in [5.41, 5.74) is 6.15. The van der Waals surface area contributed by atoms with Gasteiger partial charge in [-0.2, -0.15) is 0 Å². The number of aliphatic hydroxyl groups excluding tert-OH is 1. The molecular formula is C28H29NO4S. The number of aromatic nitrogens is 1. The molecule has 5 nitrogen and oxygen atoms in total. The van der Waals surface area contributed by atoms with Crippen LogP contribution in [0.4, 0.5) is 0 Å². The number of benzene rings is 3. The van der Waals surface area contributed by atoms with Crippen molar-refractivity contribution in [1.82, 2.24) is 4.57 Å². The number of aliphatic hydroxyl groups is 2. The van der Waals surface area contributed by atoms with E-state index in [0.29, 0.717) is 12.2 Å².